The molecular formula is C15H26N2O3S. The van der Waals surface area contributed by atoms with Crippen molar-refractivity contribution in [2.75, 3.05) is 13.6 Å². The van der Waals surface area contributed by atoms with E-state index >= 15 is 0 Å². The van der Waals surface area contributed by atoms with Crippen LogP contribution < -0.4 is 10.0 Å². The molecule has 1 aromatic carbocycles. The summed E-state index contributed by atoms with van der Waals surface area (Å²) in [6, 6.07) is 6.79. The second-order valence-corrected chi connectivity index (χ2v) is 7.25. The summed E-state index contributed by atoms with van der Waals surface area (Å²) in [5, 5.41) is 13.2. The van der Waals surface area contributed by atoms with Crippen LogP contribution in [0, 0.1) is 5.92 Å². The molecule has 0 spiro atoms. The standard InChI is InChI=1S/C15H26N2O3S/c1-5-11(2)15(18)10-17-12(3)13-7-6-8-14(9-13)21(19,20)16-4/h6-9,11-12,15-18H,5,10H2,1-4H3. The lowest BCUT2D eigenvalue weighted by Crippen LogP contribution is -2.33. The van der Waals surface area contributed by atoms with Gasteiger partial charge in [0.2, 0.25) is 10.0 Å². The van der Waals surface area contributed by atoms with E-state index in [-0.39, 0.29) is 16.9 Å². The highest BCUT2D eigenvalue weighted by atomic mass is 32.2. The number of benzene rings is 1. The molecule has 0 aromatic heterocycles. The van der Waals surface area contributed by atoms with E-state index in [1.165, 1.54) is 7.05 Å². The fourth-order valence-electron chi connectivity index (χ4n) is 1.96. The third-order valence-electron chi connectivity index (χ3n) is 3.87. The summed E-state index contributed by atoms with van der Waals surface area (Å²) in [5.41, 5.74) is 0.877. The van der Waals surface area contributed by atoms with Crippen LogP contribution in [0.15, 0.2) is 29.2 Å². The first-order valence-electron chi connectivity index (χ1n) is 7.26. The Morgan fingerprint density at radius 3 is 2.52 bits per heavy atom. The quantitative estimate of drug-likeness (QED) is 0.682. The first-order chi connectivity index (χ1) is 9.81. The van der Waals surface area contributed by atoms with Crippen molar-refractivity contribution in [3.63, 3.8) is 0 Å². The van der Waals surface area contributed by atoms with Crippen LogP contribution in [-0.2, 0) is 10.0 Å². The first kappa shape index (κ1) is 18.1. The molecule has 120 valence electrons. The molecule has 0 fully saturated rings. The van der Waals surface area contributed by atoms with Gasteiger partial charge in [-0.15, -0.1) is 0 Å². The Balaban J connectivity index is 2.75. The van der Waals surface area contributed by atoms with Crippen molar-refractivity contribution in [1.82, 2.24) is 10.0 Å². The normalized spacial score (nSPS) is 16.4. The zero-order valence-corrected chi connectivity index (χ0v) is 13.9. The predicted molar refractivity (Wildman–Crippen MR) is 84.6 cm³/mol. The summed E-state index contributed by atoms with van der Waals surface area (Å²) in [5.74, 6) is 0.237. The molecule has 0 amide bonds. The molecule has 0 aliphatic rings. The number of sulfonamides is 1. The summed E-state index contributed by atoms with van der Waals surface area (Å²) in [4.78, 5) is 0.249. The highest BCUT2D eigenvalue weighted by Gasteiger charge is 2.16. The van der Waals surface area contributed by atoms with Gasteiger partial charge in [-0.1, -0.05) is 32.4 Å². The third kappa shape index (κ3) is 5.07. The molecule has 3 N–H and O–H groups in total. The third-order valence-corrected chi connectivity index (χ3v) is 5.28. The van der Waals surface area contributed by atoms with Crippen molar-refractivity contribution in [2.45, 2.75) is 44.2 Å². The highest BCUT2D eigenvalue weighted by Crippen LogP contribution is 2.18. The van der Waals surface area contributed by atoms with Crippen LogP contribution in [0.25, 0.3) is 0 Å². The first-order valence-corrected chi connectivity index (χ1v) is 8.75. The van der Waals surface area contributed by atoms with E-state index < -0.39 is 16.1 Å². The van der Waals surface area contributed by atoms with E-state index in [4.69, 9.17) is 0 Å². The highest BCUT2D eigenvalue weighted by molar-refractivity contribution is 7.89. The minimum absolute atomic E-state index is 0.0317. The van der Waals surface area contributed by atoms with Crippen LogP contribution in [0.5, 0.6) is 0 Å². The van der Waals surface area contributed by atoms with E-state index in [0.717, 1.165) is 12.0 Å². The maximum atomic E-state index is 11.8. The number of hydrogen-bond acceptors (Lipinski definition) is 4. The zero-order valence-electron chi connectivity index (χ0n) is 13.1. The van der Waals surface area contributed by atoms with E-state index in [0.29, 0.717) is 6.54 Å². The monoisotopic (exact) mass is 314 g/mol. The van der Waals surface area contributed by atoms with Crippen LogP contribution >= 0.6 is 0 Å². The second kappa shape index (κ2) is 7.89. The molecule has 3 atom stereocenters. The van der Waals surface area contributed by atoms with Crippen molar-refractivity contribution in [3.05, 3.63) is 29.8 Å². The molecule has 1 rings (SSSR count). The molecule has 1 aromatic rings. The minimum atomic E-state index is -3.43. The summed E-state index contributed by atoms with van der Waals surface area (Å²) in [7, 11) is -2.04. The summed E-state index contributed by atoms with van der Waals surface area (Å²) < 4.78 is 25.9. The lowest BCUT2D eigenvalue weighted by atomic mass is 10.0. The van der Waals surface area contributed by atoms with Gasteiger partial charge in [-0.05, 0) is 37.6 Å². The molecular weight excluding hydrogens is 288 g/mol. The van der Waals surface area contributed by atoms with Crippen molar-refractivity contribution >= 4 is 10.0 Å². The molecule has 6 heteroatoms. The molecule has 0 saturated heterocycles. The van der Waals surface area contributed by atoms with Crippen molar-refractivity contribution in [2.24, 2.45) is 5.92 Å². The van der Waals surface area contributed by atoms with Gasteiger partial charge >= 0.3 is 0 Å². The van der Waals surface area contributed by atoms with Crippen LogP contribution in [0.3, 0.4) is 0 Å². The molecule has 0 saturated carbocycles. The second-order valence-electron chi connectivity index (χ2n) is 5.36. The summed E-state index contributed by atoms with van der Waals surface area (Å²) >= 11 is 0. The van der Waals surface area contributed by atoms with E-state index in [1.807, 2.05) is 26.8 Å². The smallest absolute Gasteiger partial charge is 0.240 e. The van der Waals surface area contributed by atoms with Gasteiger partial charge in [0.25, 0.3) is 0 Å². The number of aliphatic hydroxyl groups is 1. The van der Waals surface area contributed by atoms with Gasteiger partial charge in [-0.2, -0.15) is 0 Å². The largest absolute Gasteiger partial charge is 0.392 e. The number of nitrogens with one attached hydrogen (secondary N) is 2. The van der Waals surface area contributed by atoms with Crippen LogP contribution in [0.1, 0.15) is 38.8 Å². The maximum Gasteiger partial charge on any atom is 0.240 e. The van der Waals surface area contributed by atoms with Gasteiger partial charge in [0, 0.05) is 12.6 Å². The van der Waals surface area contributed by atoms with Gasteiger partial charge in [0.05, 0.1) is 11.0 Å². The number of rotatable bonds is 8. The Labute approximate surface area is 127 Å². The fourth-order valence-corrected chi connectivity index (χ4v) is 2.74. The maximum absolute atomic E-state index is 11.8. The van der Waals surface area contributed by atoms with E-state index in [2.05, 4.69) is 10.0 Å². The van der Waals surface area contributed by atoms with Crippen LogP contribution in [0.2, 0.25) is 0 Å². The van der Waals surface area contributed by atoms with Gasteiger partial charge in [-0.3, -0.25) is 0 Å². The van der Waals surface area contributed by atoms with Gasteiger partial charge in [0.15, 0.2) is 0 Å². The van der Waals surface area contributed by atoms with Crippen molar-refractivity contribution in [3.8, 4) is 0 Å². The average Bonchev–Trinajstić information content (AvgIpc) is 2.51. The molecule has 0 heterocycles. The predicted octanol–water partition coefficient (Wildman–Crippen LogP) is 1.65. The number of hydrogen-bond donors (Lipinski definition) is 3. The summed E-state index contributed by atoms with van der Waals surface area (Å²) in [6.45, 7) is 6.49. The SMILES string of the molecule is CCC(C)C(O)CNC(C)c1cccc(S(=O)(=O)NC)c1. The molecule has 0 aliphatic carbocycles. The van der Waals surface area contributed by atoms with Gasteiger partial charge in [-0.25, -0.2) is 13.1 Å². The van der Waals surface area contributed by atoms with Crippen molar-refractivity contribution < 1.29 is 13.5 Å². The lowest BCUT2D eigenvalue weighted by Gasteiger charge is -2.21. The Kier molecular flexibility index (Phi) is 6.80. The van der Waals surface area contributed by atoms with Crippen molar-refractivity contribution in [1.29, 1.82) is 0 Å². The van der Waals surface area contributed by atoms with Gasteiger partial charge in [0.1, 0.15) is 0 Å². The Morgan fingerprint density at radius 1 is 1.29 bits per heavy atom. The lowest BCUT2D eigenvalue weighted by molar-refractivity contribution is 0.110. The number of aliphatic hydroxyl groups excluding tert-OH is 1. The topological polar surface area (TPSA) is 78.4 Å². The van der Waals surface area contributed by atoms with E-state index in [1.54, 1.807) is 18.2 Å². The Bertz CT molecular complexity index is 546. The fraction of sp³-hybridized carbons (Fsp3) is 0.600. The molecule has 21 heavy (non-hydrogen) atoms. The Hall–Kier alpha value is -0.950. The van der Waals surface area contributed by atoms with Gasteiger partial charge < -0.3 is 10.4 Å². The van der Waals surface area contributed by atoms with E-state index in [9.17, 15) is 13.5 Å². The average molecular weight is 314 g/mol. The van der Waals surface area contributed by atoms with Crippen LogP contribution in [0.4, 0.5) is 0 Å². The minimum Gasteiger partial charge on any atom is -0.392 e. The molecule has 0 bridgehead atoms. The molecule has 3 unspecified atom stereocenters. The molecule has 5 nitrogen and oxygen atoms in total. The zero-order chi connectivity index (χ0) is 16.0. The van der Waals surface area contributed by atoms with Crippen LogP contribution in [-0.4, -0.2) is 33.2 Å². The Morgan fingerprint density at radius 2 is 1.95 bits per heavy atom. The molecule has 0 aliphatic heterocycles. The molecule has 0 radical (unpaired) electrons. The summed E-state index contributed by atoms with van der Waals surface area (Å²) in [6.07, 6.45) is 0.523.